The van der Waals surface area contributed by atoms with Crippen molar-refractivity contribution in [2.45, 2.75) is 51.7 Å². The molecule has 2 unspecified atom stereocenters. The first-order chi connectivity index (χ1) is 19.3. The van der Waals surface area contributed by atoms with E-state index in [1.54, 1.807) is 45.0 Å². The van der Waals surface area contributed by atoms with Crippen LogP contribution < -0.4 is 10.0 Å². The van der Waals surface area contributed by atoms with Gasteiger partial charge in [0.2, 0.25) is 0 Å². The molecule has 2 atom stereocenters. The second-order valence-electron chi connectivity index (χ2n) is 10.4. The first kappa shape index (κ1) is 30.0. The number of benzene rings is 2. The predicted molar refractivity (Wildman–Crippen MR) is 159 cm³/mol. The minimum absolute atomic E-state index is 0.190. The fraction of sp³-hybridized carbons (Fsp3) is 0.276. The van der Waals surface area contributed by atoms with Crippen molar-refractivity contribution in [2.24, 2.45) is 0 Å². The summed E-state index contributed by atoms with van der Waals surface area (Å²) in [5.74, 6) is -1.13. The van der Waals surface area contributed by atoms with Gasteiger partial charge in [0, 0.05) is 5.38 Å². The number of carbonyl (C=O) groups excluding carboxylic acids is 1. The lowest BCUT2D eigenvalue weighted by molar-refractivity contribution is -0.155. The van der Waals surface area contributed by atoms with Crippen LogP contribution in [0.3, 0.4) is 0 Å². The van der Waals surface area contributed by atoms with Crippen molar-refractivity contribution in [3.8, 4) is 0 Å². The molecule has 2 heterocycles. The summed E-state index contributed by atoms with van der Waals surface area (Å²) < 4.78 is 45.1. The van der Waals surface area contributed by atoms with Gasteiger partial charge in [0.25, 0.3) is 6.01 Å². The van der Waals surface area contributed by atoms with Crippen molar-refractivity contribution >= 4 is 44.9 Å². The molecule has 0 saturated heterocycles. The van der Waals surface area contributed by atoms with Crippen LogP contribution in [0, 0.1) is 6.92 Å². The van der Waals surface area contributed by atoms with E-state index in [-0.39, 0.29) is 23.5 Å². The maximum Gasteiger partial charge on any atom is 0.357 e. The molecule has 4 aromatic rings. The Kier molecular flexibility index (Phi) is 8.95. The number of aryl methyl sites for hydroxylation is 1. The van der Waals surface area contributed by atoms with Crippen molar-refractivity contribution in [1.82, 2.24) is 9.97 Å². The maximum absolute atomic E-state index is 13.3. The highest BCUT2D eigenvalue weighted by Gasteiger charge is 2.33. The monoisotopic (exact) mass is 596 g/mol. The van der Waals surface area contributed by atoms with Crippen molar-refractivity contribution in [3.63, 3.8) is 0 Å². The van der Waals surface area contributed by atoms with E-state index in [1.807, 2.05) is 47.4 Å². The van der Waals surface area contributed by atoms with Crippen LogP contribution in [0.1, 0.15) is 60.3 Å². The van der Waals surface area contributed by atoms with E-state index in [2.05, 4.69) is 21.9 Å². The molecule has 0 aliphatic rings. The molecule has 0 spiro atoms. The summed E-state index contributed by atoms with van der Waals surface area (Å²) in [5.41, 5.74) is 2.45. The third kappa shape index (κ3) is 8.49. The maximum atomic E-state index is 13.3. The van der Waals surface area contributed by atoms with Gasteiger partial charge in [-0.2, -0.15) is 8.42 Å². The predicted octanol–water partition coefficient (Wildman–Crippen LogP) is 6.19. The number of ether oxygens (including phenoxy) is 1. The molecule has 2 aromatic carbocycles. The second kappa shape index (κ2) is 12.2. The zero-order valence-corrected chi connectivity index (χ0v) is 24.8. The number of anilines is 2. The molecule has 0 saturated carbocycles. The average Bonchev–Trinajstić information content (AvgIpc) is 3.52. The minimum Gasteiger partial charge on any atom is -0.459 e. The van der Waals surface area contributed by atoms with E-state index in [0.29, 0.717) is 12.0 Å². The SMILES string of the molecule is C=C(c1ccccc1)C(C(=O)OC(C)(C)C)c1cnc(NC(Cc2ccc(NS(=O)(=O)O)cc2)c2csc(C)n2)o1. The third-order valence-corrected chi connectivity index (χ3v) is 7.16. The zero-order valence-electron chi connectivity index (χ0n) is 23.1. The van der Waals surface area contributed by atoms with E-state index >= 15 is 0 Å². The number of aromatic nitrogens is 2. The first-order valence-corrected chi connectivity index (χ1v) is 15.0. The minimum atomic E-state index is -4.37. The Bertz CT molecular complexity index is 1610. The normalized spacial score (nSPS) is 13.3. The number of hydrogen-bond acceptors (Lipinski definition) is 9. The van der Waals surface area contributed by atoms with Crippen LogP contribution in [-0.4, -0.2) is 34.5 Å². The smallest absolute Gasteiger partial charge is 0.357 e. The largest absolute Gasteiger partial charge is 0.459 e. The topological polar surface area (TPSA) is 144 Å². The number of nitrogens with zero attached hydrogens (tertiary/aromatic N) is 2. The van der Waals surface area contributed by atoms with Gasteiger partial charge >= 0.3 is 16.3 Å². The van der Waals surface area contributed by atoms with Crippen LogP contribution >= 0.6 is 11.3 Å². The van der Waals surface area contributed by atoms with Crippen LogP contribution in [0.25, 0.3) is 5.57 Å². The number of esters is 1. The molecule has 12 heteroatoms. The molecule has 216 valence electrons. The highest BCUT2D eigenvalue weighted by atomic mass is 32.2. The van der Waals surface area contributed by atoms with Crippen LogP contribution in [0.15, 0.2) is 77.2 Å². The van der Waals surface area contributed by atoms with E-state index in [1.165, 1.54) is 17.5 Å². The number of oxazole rings is 1. The van der Waals surface area contributed by atoms with E-state index in [0.717, 1.165) is 21.8 Å². The molecule has 0 aliphatic heterocycles. The number of rotatable bonds is 11. The highest BCUT2D eigenvalue weighted by molar-refractivity contribution is 7.87. The Hall–Kier alpha value is -4.00. The Morgan fingerprint density at radius 1 is 1.15 bits per heavy atom. The molecule has 3 N–H and O–H groups in total. The van der Waals surface area contributed by atoms with E-state index in [4.69, 9.17) is 13.7 Å². The molecule has 10 nitrogen and oxygen atoms in total. The zero-order chi connectivity index (χ0) is 29.8. The highest BCUT2D eigenvalue weighted by Crippen LogP contribution is 2.35. The summed E-state index contributed by atoms with van der Waals surface area (Å²) >= 11 is 1.50. The van der Waals surface area contributed by atoms with Crippen molar-refractivity contribution < 1.29 is 26.9 Å². The third-order valence-electron chi connectivity index (χ3n) is 5.88. The van der Waals surface area contributed by atoms with Gasteiger partial charge < -0.3 is 14.5 Å². The summed E-state index contributed by atoms with van der Waals surface area (Å²) in [6, 6.07) is 15.8. The quantitative estimate of drug-likeness (QED) is 0.136. The Balaban J connectivity index is 1.60. The summed E-state index contributed by atoms with van der Waals surface area (Å²) in [5, 5.41) is 6.11. The summed E-state index contributed by atoms with van der Waals surface area (Å²) in [6.07, 6.45) is 1.95. The summed E-state index contributed by atoms with van der Waals surface area (Å²) in [7, 11) is -4.37. The Morgan fingerprint density at radius 3 is 2.41 bits per heavy atom. The van der Waals surface area contributed by atoms with Gasteiger partial charge in [-0.25, -0.2) is 9.97 Å². The fourth-order valence-electron chi connectivity index (χ4n) is 4.11. The van der Waals surface area contributed by atoms with Gasteiger partial charge in [-0.05, 0) is 62.9 Å². The molecule has 4 rings (SSSR count). The molecule has 0 amide bonds. The molecular weight excluding hydrogens is 564 g/mol. The van der Waals surface area contributed by atoms with Crippen LogP contribution in [0.5, 0.6) is 0 Å². The lowest BCUT2D eigenvalue weighted by Gasteiger charge is -2.24. The lowest BCUT2D eigenvalue weighted by Crippen LogP contribution is -2.28. The van der Waals surface area contributed by atoms with Crippen molar-refractivity contribution in [3.05, 3.63) is 100 Å². The molecule has 0 radical (unpaired) electrons. The fourth-order valence-corrected chi connectivity index (χ4v) is 5.21. The summed E-state index contributed by atoms with van der Waals surface area (Å²) in [4.78, 5) is 22.4. The second-order valence-corrected chi connectivity index (χ2v) is 12.6. The van der Waals surface area contributed by atoms with Crippen LogP contribution in [0.4, 0.5) is 11.7 Å². The van der Waals surface area contributed by atoms with Gasteiger partial charge in [-0.1, -0.05) is 49.0 Å². The standard InChI is InChI=1S/C29H32N4O6S2/c1-18(21-9-7-6-8-10-21)26(27(34)39-29(3,4)5)25-16-30-28(38-25)32-23(24-17-40-19(2)31-24)15-20-11-13-22(14-12-20)33-41(35,36)37/h6-14,16-17,23,26,33H,1,15H2,2-5H3,(H,30,32)(H,35,36,37). The van der Waals surface area contributed by atoms with Gasteiger partial charge in [-0.3, -0.25) is 14.1 Å². The molecular formula is C29H32N4O6S2. The number of hydrogen-bond donors (Lipinski definition) is 3. The van der Waals surface area contributed by atoms with Crippen LogP contribution in [0.2, 0.25) is 0 Å². The van der Waals surface area contributed by atoms with E-state index < -0.39 is 27.8 Å². The van der Waals surface area contributed by atoms with Crippen molar-refractivity contribution in [2.75, 3.05) is 10.0 Å². The molecule has 2 aromatic heterocycles. The van der Waals surface area contributed by atoms with Gasteiger partial charge in [0.05, 0.1) is 28.6 Å². The first-order valence-electron chi connectivity index (χ1n) is 12.7. The number of nitrogens with one attached hydrogen (secondary N) is 2. The molecule has 0 fully saturated rings. The molecule has 0 bridgehead atoms. The number of carbonyl (C=O) groups is 1. The molecule has 0 aliphatic carbocycles. The van der Waals surface area contributed by atoms with Crippen LogP contribution in [-0.2, 0) is 26.3 Å². The van der Waals surface area contributed by atoms with E-state index in [9.17, 15) is 13.2 Å². The van der Waals surface area contributed by atoms with Gasteiger partial charge in [0.1, 0.15) is 17.3 Å². The lowest BCUT2D eigenvalue weighted by atomic mass is 9.92. The van der Waals surface area contributed by atoms with Crippen molar-refractivity contribution in [1.29, 1.82) is 0 Å². The van der Waals surface area contributed by atoms with Gasteiger partial charge in [0.15, 0.2) is 0 Å². The summed E-state index contributed by atoms with van der Waals surface area (Å²) in [6.45, 7) is 11.5. The Labute approximate surface area is 243 Å². The Morgan fingerprint density at radius 2 is 1.83 bits per heavy atom. The van der Waals surface area contributed by atoms with Gasteiger partial charge in [-0.15, -0.1) is 11.3 Å². The number of thiazole rings is 1. The molecule has 41 heavy (non-hydrogen) atoms. The average molecular weight is 597 g/mol.